The second-order valence-electron chi connectivity index (χ2n) is 4.97. The average Bonchev–Trinajstić information content (AvgIpc) is 2.58. The van der Waals surface area contributed by atoms with Crippen LogP contribution in [-0.4, -0.2) is 10.2 Å². The van der Waals surface area contributed by atoms with Gasteiger partial charge in [-0.15, -0.1) is 16.8 Å². The predicted molar refractivity (Wildman–Crippen MR) is 92.9 cm³/mol. The van der Waals surface area contributed by atoms with Gasteiger partial charge in [0.05, 0.1) is 5.69 Å². The molecule has 0 atom stereocenters. The van der Waals surface area contributed by atoms with Gasteiger partial charge in [-0.1, -0.05) is 48.0 Å². The van der Waals surface area contributed by atoms with Crippen LogP contribution in [0.1, 0.15) is 5.56 Å². The largest absolute Gasteiger partial charge is 0.437 e. The molecule has 0 radical (unpaired) electrons. The van der Waals surface area contributed by atoms with Crippen LogP contribution >= 0.6 is 11.6 Å². The van der Waals surface area contributed by atoms with Crippen molar-refractivity contribution in [2.75, 3.05) is 0 Å². The Kier molecular flexibility index (Phi) is 4.69. The monoisotopic (exact) mass is 322 g/mol. The average molecular weight is 323 g/mol. The fourth-order valence-electron chi connectivity index (χ4n) is 2.19. The molecule has 0 bridgehead atoms. The molecule has 1 aromatic heterocycles. The number of benzene rings is 2. The fourth-order valence-corrected chi connectivity index (χ4v) is 2.32. The van der Waals surface area contributed by atoms with Gasteiger partial charge in [0.25, 0.3) is 0 Å². The van der Waals surface area contributed by atoms with E-state index in [0.29, 0.717) is 10.9 Å². The van der Waals surface area contributed by atoms with Crippen LogP contribution < -0.4 is 4.74 Å². The van der Waals surface area contributed by atoms with E-state index < -0.39 is 0 Å². The summed E-state index contributed by atoms with van der Waals surface area (Å²) in [7, 11) is 0. The summed E-state index contributed by atoms with van der Waals surface area (Å²) >= 11 is 5.89. The lowest BCUT2D eigenvalue weighted by atomic mass is 10.1. The van der Waals surface area contributed by atoms with Crippen molar-refractivity contribution in [1.29, 1.82) is 0 Å². The predicted octanol–water partition coefficient (Wildman–Crippen LogP) is 5.32. The summed E-state index contributed by atoms with van der Waals surface area (Å²) in [5.41, 5.74) is 2.79. The Morgan fingerprint density at radius 1 is 0.957 bits per heavy atom. The molecule has 0 aliphatic heterocycles. The van der Waals surface area contributed by atoms with E-state index in [1.807, 2.05) is 66.7 Å². The van der Waals surface area contributed by atoms with Gasteiger partial charge < -0.3 is 4.74 Å². The van der Waals surface area contributed by atoms with E-state index in [2.05, 4.69) is 16.8 Å². The Labute approximate surface area is 140 Å². The maximum Gasteiger partial charge on any atom is 0.238 e. The molecule has 3 nitrogen and oxygen atoms in total. The number of para-hydroxylation sites is 1. The summed E-state index contributed by atoms with van der Waals surface area (Å²) < 4.78 is 5.83. The number of ether oxygens (including phenoxy) is 1. The summed E-state index contributed by atoms with van der Waals surface area (Å²) in [6.07, 6.45) is 2.59. The Bertz CT molecular complexity index is 798. The Balaban J connectivity index is 1.80. The molecule has 114 valence electrons. The highest BCUT2D eigenvalue weighted by Gasteiger charge is 2.06. The van der Waals surface area contributed by atoms with Gasteiger partial charge in [0.15, 0.2) is 0 Å². The van der Waals surface area contributed by atoms with Crippen LogP contribution in [0.15, 0.2) is 73.3 Å². The highest BCUT2D eigenvalue weighted by Crippen LogP contribution is 2.25. The lowest BCUT2D eigenvalue weighted by Gasteiger charge is -2.09. The third-order valence-corrected chi connectivity index (χ3v) is 3.58. The van der Waals surface area contributed by atoms with Crippen LogP contribution in [0, 0.1) is 0 Å². The number of allylic oxidation sites excluding steroid dienone is 1. The molecule has 0 spiro atoms. The molecule has 0 amide bonds. The van der Waals surface area contributed by atoms with Gasteiger partial charge in [-0.05, 0) is 36.2 Å². The van der Waals surface area contributed by atoms with Crippen molar-refractivity contribution in [2.45, 2.75) is 6.42 Å². The van der Waals surface area contributed by atoms with Crippen molar-refractivity contribution in [3.8, 4) is 22.9 Å². The topological polar surface area (TPSA) is 35.0 Å². The smallest absolute Gasteiger partial charge is 0.238 e. The van der Waals surface area contributed by atoms with E-state index in [1.165, 1.54) is 0 Å². The second-order valence-corrected chi connectivity index (χ2v) is 5.40. The summed E-state index contributed by atoms with van der Waals surface area (Å²) in [5.74, 6) is 1.22. The van der Waals surface area contributed by atoms with Gasteiger partial charge in [-0.2, -0.15) is 0 Å². The minimum Gasteiger partial charge on any atom is -0.437 e. The fraction of sp³-hybridized carbons (Fsp3) is 0.0526. The van der Waals surface area contributed by atoms with E-state index in [-0.39, 0.29) is 0 Å². The minimum absolute atomic E-state index is 0.458. The van der Waals surface area contributed by atoms with Crippen LogP contribution in [0.2, 0.25) is 5.02 Å². The van der Waals surface area contributed by atoms with E-state index in [9.17, 15) is 0 Å². The molecule has 0 saturated heterocycles. The number of aromatic nitrogens is 2. The molecule has 0 N–H and O–H groups in total. The van der Waals surface area contributed by atoms with Crippen LogP contribution in [-0.2, 0) is 6.42 Å². The summed E-state index contributed by atoms with van der Waals surface area (Å²) in [6.45, 7) is 3.76. The van der Waals surface area contributed by atoms with E-state index in [0.717, 1.165) is 29.0 Å². The van der Waals surface area contributed by atoms with Crippen LogP contribution in [0.4, 0.5) is 0 Å². The van der Waals surface area contributed by atoms with E-state index in [4.69, 9.17) is 16.3 Å². The number of hydrogen-bond donors (Lipinski definition) is 0. The first-order chi connectivity index (χ1) is 11.3. The third kappa shape index (κ3) is 3.76. The molecule has 0 aliphatic carbocycles. The number of nitrogens with zero attached hydrogens (tertiary/aromatic N) is 2. The Morgan fingerprint density at radius 3 is 2.43 bits per heavy atom. The third-order valence-electron chi connectivity index (χ3n) is 3.33. The van der Waals surface area contributed by atoms with Gasteiger partial charge in [0, 0.05) is 16.7 Å². The molecule has 0 unspecified atom stereocenters. The zero-order chi connectivity index (χ0) is 16.1. The number of halogens is 1. The summed E-state index contributed by atoms with van der Waals surface area (Å²) in [5, 5.41) is 9.05. The van der Waals surface area contributed by atoms with Crippen LogP contribution in [0.25, 0.3) is 11.3 Å². The highest BCUT2D eigenvalue weighted by molar-refractivity contribution is 6.30. The van der Waals surface area contributed by atoms with Crippen molar-refractivity contribution < 1.29 is 4.74 Å². The maximum atomic E-state index is 5.89. The van der Waals surface area contributed by atoms with Crippen molar-refractivity contribution >= 4 is 11.6 Å². The van der Waals surface area contributed by atoms with Gasteiger partial charge in [0.1, 0.15) is 5.75 Å². The van der Waals surface area contributed by atoms with Crippen molar-refractivity contribution in [1.82, 2.24) is 10.2 Å². The lowest BCUT2D eigenvalue weighted by Crippen LogP contribution is -1.95. The standard InChI is InChI=1S/C19H15ClN2O/c1-2-5-15-6-3-4-7-18(15)23-19-13-12-17(21-22-19)14-8-10-16(20)11-9-14/h2-4,6-13H,1,5H2. The number of rotatable bonds is 5. The first kappa shape index (κ1) is 15.3. The lowest BCUT2D eigenvalue weighted by molar-refractivity contribution is 0.451. The zero-order valence-electron chi connectivity index (χ0n) is 12.4. The van der Waals surface area contributed by atoms with E-state index >= 15 is 0 Å². The van der Waals surface area contributed by atoms with Crippen molar-refractivity contribution in [3.05, 3.63) is 83.9 Å². The van der Waals surface area contributed by atoms with Crippen LogP contribution in [0.3, 0.4) is 0 Å². The first-order valence-electron chi connectivity index (χ1n) is 7.22. The Morgan fingerprint density at radius 2 is 1.74 bits per heavy atom. The van der Waals surface area contributed by atoms with Crippen molar-refractivity contribution in [2.24, 2.45) is 0 Å². The van der Waals surface area contributed by atoms with Gasteiger partial charge in [-0.3, -0.25) is 0 Å². The number of hydrogen-bond acceptors (Lipinski definition) is 3. The maximum absolute atomic E-state index is 5.89. The molecule has 2 aromatic carbocycles. The quantitative estimate of drug-likeness (QED) is 0.596. The zero-order valence-corrected chi connectivity index (χ0v) is 13.2. The molecule has 0 fully saturated rings. The molecular formula is C19H15ClN2O. The summed E-state index contributed by atoms with van der Waals surface area (Å²) in [6, 6.07) is 19.0. The van der Waals surface area contributed by atoms with E-state index in [1.54, 1.807) is 0 Å². The molecule has 1 heterocycles. The van der Waals surface area contributed by atoms with Gasteiger partial charge >= 0.3 is 0 Å². The Hall–Kier alpha value is -2.65. The normalized spacial score (nSPS) is 10.3. The molecule has 3 rings (SSSR count). The molecule has 23 heavy (non-hydrogen) atoms. The molecule has 0 aliphatic rings. The first-order valence-corrected chi connectivity index (χ1v) is 7.60. The SMILES string of the molecule is C=CCc1ccccc1Oc1ccc(-c2ccc(Cl)cc2)nn1. The summed E-state index contributed by atoms with van der Waals surface area (Å²) in [4.78, 5) is 0. The second kappa shape index (κ2) is 7.07. The molecular weight excluding hydrogens is 308 g/mol. The van der Waals surface area contributed by atoms with Crippen LogP contribution in [0.5, 0.6) is 11.6 Å². The molecule has 0 saturated carbocycles. The van der Waals surface area contributed by atoms with Crippen molar-refractivity contribution in [3.63, 3.8) is 0 Å². The van der Waals surface area contributed by atoms with Gasteiger partial charge in [0.2, 0.25) is 5.88 Å². The minimum atomic E-state index is 0.458. The highest BCUT2D eigenvalue weighted by atomic mass is 35.5. The van der Waals surface area contributed by atoms with Gasteiger partial charge in [-0.25, -0.2) is 0 Å². The molecule has 3 aromatic rings. The molecule has 4 heteroatoms.